The molecule has 23 heavy (non-hydrogen) atoms. The van der Waals surface area contributed by atoms with E-state index in [1.165, 1.54) is 7.11 Å². The Morgan fingerprint density at radius 2 is 2.00 bits per heavy atom. The fourth-order valence-electron chi connectivity index (χ4n) is 2.62. The predicted molar refractivity (Wildman–Crippen MR) is 83.5 cm³/mol. The van der Waals surface area contributed by atoms with Gasteiger partial charge in [-0.2, -0.15) is 0 Å². The standard InChI is InChI=1S/C16H21N3O4/c1-3-16(12-7-5-4-6-8-12)14(21)19(15(22)18-16)11-13(20)17-9-10-23-2/h4-8H,3,9-11H2,1-2H3,(H,17,20)(H,18,22)/t16-/m0/s1. The maximum atomic E-state index is 12.8. The molecule has 1 fully saturated rings. The lowest BCUT2D eigenvalue weighted by Gasteiger charge is -2.25. The first-order valence-electron chi connectivity index (χ1n) is 7.50. The van der Waals surface area contributed by atoms with Gasteiger partial charge in [0, 0.05) is 13.7 Å². The van der Waals surface area contributed by atoms with Crippen LogP contribution in [0.2, 0.25) is 0 Å². The first-order chi connectivity index (χ1) is 11.0. The van der Waals surface area contributed by atoms with Gasteiger partial charge in [0.1, 0.15) is 12.1 Å². The smallest absolute Gasteiger partial charge is 0.325 e. The second-order valence-electron chi connectivity index (χ2n) is 5.29. The van der Waals surface area contributed by atoms with E-state index in [2.05, 4.69) is 10.6 Å². The molecule has 4 amide bonds. The van der Waals surface area contributed by atoms with Crippen molar-refractivity contribution >= 4 is 17.8 Å². The van der Waals surface area contributed by atoms with E-state index in [4.69, 9.17) is 4.74 Å². The summed E-state index contributed by atoms with van der Waals surface area (Å²) in [6, 6.07) is 8.50. The SMILES string of the molecule is CC[C@@]1(c2ccccc2)NC(=O)N(CC(=O)NCCOC)C1=O. The molecule has 7 heteroatoms. The summed E-state index contributed by atoms with van der Waals surface area (Å²) in [7, 11) is 1.53. The van der Waals surface area contributed by atoms with Gasteiger partial charge in [-0.15, -0.1) is 0 Å². The van der Waals surface area contributed by atoms with Crippen molar-refractivity contribution in [1.82, 2.24) is 15.5 Å². The Balaban J connectivity index is 2.14. The molecule has 1 aromatic rings. The number of urea groups is 1. The van der Waals surface area contributed by atoms with Gasteiger partial charge < -0.3 is 15.4 Å². The Bertz CT molecular complexity index is 590. The molecule has 0 spiro atoms. The maximum absolute atomic E-state index is 12.8. The second-order valence-corrected chi connectivity index (χ2v) is 5.29. The third-order valence-corrected chi connectivity index (χ3v) is 3.90. The molecule has 0 radical (unpaired) electrons. The summed E-state index contributed by atoms with van der Waals surface area (Å²) in [6.07, 6.45) is 0.406. The van der Waals surface area contributed by atoms with Crippen LogP contribution in [0.25, 0.3) is 0 Å². The molecule has 0 bridgehead atoms. The third-order valence-electron chi connectivity index (χ3n) is 3.90. The Morgan fingerprint density at radius 3 is 2.61 bits per heavy atom. The van der Waals surface area contributed by atoms with E-state index in [0.29, 0.717) is 25.1 Å². The molecule has 124 valence electrons. The Morgan fingerprint density at radius 1 is 1.30 bits per heavy atom. The molecule has 0 aliphatic carbocycles. The molecular weight excluding hydrogens is 298 g/mol. The van der Waals surface area contributed by atoms with E-state index in [1.54, 1.807) is 12.1 Å². The molecule has 1 heterocycles. The van der Waals surface area contributed by atoms with Crippen LogP contribution in [0.15, 0.2) is 30.3 Å². The molecule has 1 aromatic carbocycles. The number of carbonyl (C=O) groups is 3. The minimum atomic E-state index is -1.11. The number of carbonyl (C=O) groups excluding carboxylic acids is 3. The number of nitrogens with one attached hydrogen (secondary N) is 2. The topological polar surface area (TPSA) is 87.7 Å². The lowest BCUT2D eigenvalue weighted by Crippen LogP contribution is -2.45. The zero-order chi connectivity index (χ0) is 16.9. The number of imide groups is 1. The number of rotatable bonds is 7. The lowest BCUT2D eigenvalue weighted by molar-refractivity contribution is -0.135. The summed E-state index contributed by atoms with van der Waals surface area (Å²) in [5, 5.41) is 5.34. The molecule has 0 saturated carbocycles. The molecule has 1 atom stereocenters. The molecule has 1 saturated heterocycles. The summed E-state index contributed by atoms with van der Waals surface area (Å²) in [4.78, 5) is 37.8. The van der Waals surface area contributed by atoms with Gasteiger partial charge in [0.2, 0.25) is 5.91 Å². The van der Waals surface area contributed by atoms with Gasteiger partial charge in [-0.25, -0.2) is 4.79 Å². The van der Waals surface area contributed by atoms with Crippen LogP contribution >= 0.6 is 0 Å². The van der Waals surface area contributed by atoms with Gasteiger partial charge in [0.25, 0.3) is 5.91 Å². The largest absolute Gasteiger partial charge is 0.383 e. The maximum Gasteiger partial charge on any atom is 0.325 e. The van der Waals surface area contributed by atoms with E-state index < -0.39 is 23.4 Å². The van der Waals surface area contributed by atoms with Crippen LogP contribution in [0.3, 0.4) is 0 Å². The number of methoxy groups -OCH3 is 1. The van der Waals surface area contributed by atoms with E-state index in [0.717, 1.165) is 4.90 Å². The summed E-state index contributed by atoms with van der Waals surface area (Å²) >= 11 is 0. The minimum Gasteiger partial charge on any atom is -0.383 e. The quantitative estimate of drug-likeness (QED) is 0.569. The molecule has 2 rings (SSSR count). The Labute approximate surface area is 135 Å². The molecular formula is C16H21N3O4. The van der Waals surface area contributed by atoms with Crippen LogP contribution < -0.4 is 10.6 Å². The van der Waals surface area contributed by atoms with E-state index in [-0.39, 0.29) is 6.54 Å². The molecule has 1 aliphatic heterocycles. The number of nitrogens with zero attached hydrogens (tertiary/aromatic N) is 1. The van der Waals surface area contributed by atoms with E-state index >= 15 is 0 Å². The number of hydrogen-bond donors (Lipinski definition) is 2. The Hall–Kier alpha value is -2.41. The minimum absolute atomic E-state index is 0.303. The highest BCUT2D eigenvalue weighted by Crippen LogP contribution is 2.32. The number of hydrogen-bond acceptors (Lipinski definition) is 4. The normalized spacial score (nSPS) is 20.5. The lowest BCUT2D eigenvalue weighted by atomic mass is 9.87. The van der Waals surface area contributed by atoms with E-state index in [9.17, 15) is 14.4 Å². The summed E-state index contributed by atoms with van der Waals surface area (Å²) in [6.45, 7) is 2.22. The van der Waals surface area contributed by atoms with E-state index in [1.807, 2.05) is 25.1 Å². The highest BCUT2D eigenvalue weighted by atomic mass is 16.5. The van der Waals surface area contributed by atoms with Crippen LogP contribution in [-0.2, 0) is 19.9 Å². The van der Waals surface area contributed by atoms with Crippen LogP contribution in [0.5, 0.6) is 0 Å². The van der Waals surface area contributed by atoms with Crippen LogP contribution in [0.1, 0.15) is 18.9 Å². The first-order valence-corrected chi connectivity index (χ1v) is 7.50. The predicted octanol–water partition coefficient (Wildman–Crippen LogP) is 0.606. The fourth-order valence-corrected chi connectivity index (χ4v) is 2.62. The summed E-state index contributed by atoms with van der Waals surface area (Å²) in [5.74, 6) is -0.802. The van der Waals surface area contributed by atoms with Crippen molar-refractivity contribution in [1.29, 1.82) is 0 Å². The highest BCUT2D eigenvalue weighted by Gasteiger charge is 2.51. The van der Waals surface area contributed by atoms with Crippen LogP contribution in [0.4, 0.5) is 4.79 Å². The number of benzene rings is 1. The van der Waals surface area contributed by atoms with Gasteiger partial charge >= 0.3 is 6.03 Å². The molecule has 1 aliphatic rings. The fraction of sp³-hybridized carbons (Fsp3) is 0.438. The summed E-state index contributed by atoms with van der Waals surface area (Å²) in [5.41, 5.74) is -0.395. The van der Waals surface area contributed by atoms with Gasteiger partial charge in [-0.1, -0.05) is 37.3 Å². The van der Waals surface area contributed by atoms with Crippen LogP contribution in [0, 0.1) is 0 Å². The van der Waals surface area contributed by atoms with Crippen molar-refractivity contribution in [3.05, 3.63) is 35.9 Å². The van der Waals surface area contributed by atoms with Crippen molar-refractivity contribution in [2.45, 2.75) is 18.9 Å². The molecule has 0 aromatic heterocycles. The van der Waals surface area contributed by atoms with Gasteiger partial charge in [-0.05, 0) is 12.0 Å². The van der Waals surface area contributed by atoms with Crippen molar-refractivity contribution < 1.29 is 19.1 Å². The second kappa shape index (κ2) is 7.23. The molecule has 0 unspecified atom stereocenters. The zero-order valence-electron chi connectivity index (χ0n) is 13.3. The zero-order valence-corrected chi connectivity index (χ0v) is 13.3. The van der Waals surface area contributed by atoms with Gasteiger partial charge in [0.15, 0.2) is 0 Å². The molecule has 2 N–H and O–H groups in total. The first kappa shape index (κ1) is 17.0. The van der Waals surface area contributed by atoms with Crippen molar-refractivity contribution in [3.63, 3.8) is 0 Å². The number of amides is 4. The number of ether oxygens (including phenoxy) is 1. The van der Waals surface area contributed by atoms with Gasteiger partial charge in [0.05, 0.1) is 6.61 Å². The monoisotopic (exact) mass is 319 g/mol. The van der Waals surface area contributed by atoms with Crippen molar-refractivity contribution in [3.8, 4) is 0 Å². The average Bonchev–Trinajstić information content (AvgIpc) is 2.81. The highest BCUT2D eigenvalue weighted by molar-refractivity contribution is 6.09. The van der Waals surface area contributed by atoms with Crippen molar-refractivity contribution in [2.24, 2.45) is 0 Å². The van der Waals surface area contributed by atoms with Crippen molar-refractivity contribution in [2.75, 3.05) is 26.8 Å². The third kappa shape index (κ3) is 3.34. The average molecular weight is 319 g/mol. The molecule has 7 nitrogen and oxygen atoms in total. The Kier molecular flexibility index (Phi) is 5.33. The van der Waals surface area contributed by atoms with Gasteiger partial charge in [-0.3, -0.25) is 14.5 Å². The van der Waals surface area contributed by atoms with Crippen LogP contribution in [-0.4, -0.2) is 49.6 Å². The summed E-state index contributed by atoms with van der Waals surface area (Å²) < 4.78 is 4.84.